The second-order valence-electron chi connectivity index (χ2n) is 14.9. The molecule has 0 bridgehead atoms. The highest BCUT2D eigenvalue weighted by atomic mass is 16.6. The van der Waals surface area contributed by atoms with Gasteiger partial charge in [-0.3, -0.25) is 24.3 Å². The quantitative estimate of drug-likeness (QED) is 0.113. The molecule has 1 spiro atoms. The number of pyridine rings is 1. The van der Waals surface area contributed by atoms with Gasteiger partial charge in [0.15, 0.2) is 0 Å². The molecular weight excluding hydrogens is 741 g/mol. The molecule has 6 atom stereocenters. The number of anilines is 1. The number of hydrogen-bond donors (Lipinski definition) is 3. The number of rotatable bonds is 8. The number of hydrogen-bond acceptors (Lipinski definition) is 8. The molecule has 10 heteroatoms. The maximum absolute atomic E-state index is 15.3. The second kappa shape index (κ2) is 15.6. The fraction of sp³-hybridized carbons (Fsp3) is 0.184. The fourth-order valence-corrected chi connectivity index (χ4v) is 9.12. The van der Waals surface area contributed by atoms with Crippen molar-refractivity contribution in [2.75, 3.05) is 19.0 Å². The zero-order valence-electron chi connectivity index (χ0n) is 32.1. The number of nitrogens with zero attached hydrogens (tertiary/aromatic N) is 2. The van der Waals surface area contributed by atoms with Crippen LogP contribution in [0.5, 0.6) is 11.5 Å². The van der Waals surface area contributed by atoms with E-state index in [1.54, 1.807) is 43.6 Å². The SMILES string of the molecule is COc1ccc(C#Cc2ccc3c(c2)C2(C(=O)N3)C(C(=O)NCCc3ccccn3)C3C(=O)OC(c4ccccc4)C(c4ccccc4)N3C2c2ccc(O)cc2)cc1. The average Bonchev–Trinajstić information content (AvgIpc) is 3.75. The van der Waals surface area contributed by atoms with Crippen LogP contribution < -0.4 is 15.4 Å². The predicted octanol–water partition coefficient (Wildman–Crippen LogP) is 6.83. The maximum atomic E-state index is 15.3. The van der Waals surface area contributed by atoms with Crippen LogP contribution in [-0.4, -0.2) is 52.5 Å². The highest BCUT2D eigenvalue weighted by Gasteiger charge is 2.74. The Kier molecular flexibility index (Phi) is 9.89. The molecular formula is C49H40N4O6. The van der Waals surface area contributed by atoms with Gasteiger partial charge in [0.05, 0.1) is 25.1 Å². The number of morpholine rings is 1. The van der Waals surface area contributed by atoms with Gasteiger partial charge in [0, 0.05) is 41.7 Å². The molecule has 6 aromatic rings. The zero-order valence-corrected chi connectivity index (χ0v) is 32.1. The normalized spacial score (nSPS) is 23.0. The van der Waals surface area contributed by atoms with E-state index in [9.17, 15) is 9.90 Å². The number of nitrogens with one attached hydrogen (secondary N) is 2. The number of carbonyl (C=O) groups excluding carboxylic acids is 3. The number of phenols is 1. The van der Waals surface area contributed by atoms with E-state index >= 15 is 9.59 Å². The van der Waals surface area contributed by atoms with Crippen LogP contribution >= 0.6 is 0 Å². The van der Waals surface area contributed by atoms with Crippen LogP contribution in [-0.2, 0) is 31.0 Å². The first-order valence-corrected chi connectivity index (χ1v) is 19.5. The van der Waals surface area contributed by atoms with Crippen molar-refractivity contribution < 1.29 is 29.0 Å². The first-order valence-electron chi connectivity index (χ1n) is 19.5. The Bertz CT molecular complexity index is 2580. The molecule has 59 heavy (non-hydrogen) atoms. The van der Waals surface area contributed by atoms with Crippen molar-refractivity contribution >= 4 is 23.5 Å². The van der Waals surface area contributed by atoms with E-state index in [0.29, 0.717) is 34.5 Å². The predicted molar refractivity (Wildman–Crippen MR) is 221 cm³/mol. The summed E-state index contributed by atoms with van der Waals surface area (Å²) < 4.78 is 11.8. The Labute approximate surface area is 341 Å². The molecule has 1 aromatic heterocycles. The summed E-state index contributed by atoms with van der Waals surface area (Å²) in [6.45, 7) is 0.213. The van der Waals surface area contributed by atoms with Gasteiger partial charge in [-0.05, 0) is 89.0 Å². The molecule has 2 saturated heterocycles. The molecule has 2 amide bonds. The minimum atomic E-state index is -1.68. The lowest BCUT2D eigenvalue weighted by atomic mass is 9.65. The van der Waals surface area contributed by atoms with Crippen molar-refractivity contribution in [1.29, 1.82) is 0 Å². The van der Waals surface area contributed by atoms with Gasteiger partial charge in [-0.2, -0.15) is 0 Å². The van der Waals surface area contributed by atoms with E-state index < -0.39 is 53.3 Å². The number of benzene rings is 5. The van der Waals surface area contributed by atoms with Crippen molar-refractivity contribution in [2.45, 2.75) is 36.1 Å². The topological polar surface area (TPSA) is 130 Å². The van der Waals surface area contributed by atoms with Crippen LogP contribution in [0.3, 0.4) is 0 Å². The molecule has 9 rings (SSSR count). The minimum Gasteiger partial charge on any atom is -0.508 e. The fourth-order valence-electron chi connectivity index (χ4n) is 9.12. The van der Waals surface area contributed by atoms with Gasteiger partial charge in [-0.1, -0.05) is 90.7 Å². The Morgan fingerprint density at radius 3 is 2.19 bits per heavy atom. The van der Waals surface area contributed by atoms with Crippen molar-refractivity contribution in [2.24, 2.45) is 5.92 Å². The van der Waals surface area contributed by atoms with Crippen molar-refractivity contribution in [3.05, 3.63) is 191 Å². The molecule has 0 aliphatic carbocycles. The lowest BCUT2D eigenvalue weighted by Crippen LogP contribution is -2.55. The minimum absolute atomic E-state index is 0.0355. The summed E-state index contributed by atoms with van der Waals surface area (Å²) in [5.41, 5.74) is 3.78. The lowest BCUT2D eigenvalue weighted by Gasteiger charge is -2.46. The van der Waals surface area contributed by atoms with Gasteiger partial charge in [0.1, 0.15) is 29.1 Å². The highest BCUT2D eigenvalue weighted by molar-refractivity contribution is 6.12. The third-order valence-corrected chi connectivity index (χ3v) is 11.6. The summed E-state index contributed by atoms with van der Waals surface area (Å²) in [6.07, 6.45) is 1.34. The Morgan fingerprint density at radius 2 is 1.49 bits per heavy atom. The van der Waals surface area contributed by atoms with Gasteiger partial charge in [-0.15, -0.1) is 0 Å². The Balaban J connectivity index is 1.26. The van der Waals surface area contributed by atoms with E-state index in [4.69, 9.17) is 9.47 Å². The van der Waals surface area contributed by atoms with E-state index in [1.165, 1.54) is 0 Å². The molecule has 292 valence electrons. The van der Waals surface area contributed by atoms with Crippen LogP contribution in [0.15, 0.2) is 152 Å². The van der Waals surface area contributed by atoms with Gasteiger partial charge in [-0.25, -0.2) is 0 Å². The second-order valence-corrected chi connectivity index (χ2v) is 14.9. The Hall–Kier alpha value is -7.22. The van der Waals surface area contributed by atoms with Crippen LogP contribution in [0, 0.1) is 17.8 Å². The van der Waals surface area contributed by atoms with Gasteiger partial charge in [0.2, 0.25) is 11.8 Å². The van der Waals surface area contributed by atoms with Crippen molar-refractivity contribution in [3.63, 3.8) is 0 Å². The summed E-state index contributed by atoms with van der Waals surface area (Å²) in [5, 5.41) is 16.8. The largest absolute Gasteiger partial charge is 0.508 e. The monoisotopic (exact) mass is 780 g/mol. The standard InChI is InChI=1S/C49H40N4O6/c1-58-38-24-17-31(18-25-38)15-16-32-19-26-40-39(30-32)49(48(57)52-40)41(46(55)51-29-27-36-14-8-9-28-50-36)43-47(56)59-44(34-12-6-3-7-13-34)42(33-10-4-2-5-11-33)53(43)45(49)35-20-22-37(54)23-21-35/h2-14,17-26,28,30,41-45,54H,27,29H2,1H3,(H,51,55)(H,52,57). The number of fused-ring (bicyclic) bond motifs is 3. The molecule has 0 radical (unpaired) electrons. The van der Waals surface area contributed by atoms with Gasteiger partial charge in [0.25, 0.3) is 0 Å². The molecule has 3 aliphatic rings. The molecule has 0 saturated carbocycles. The van der Waals surface area contributed by atoms with E-state index in [1.807, 2.05) is 120 Å². The molecule has 10 nitrogen and oxygen atoms in total. The molecule has 6 unspecified atom stereocenters. The number of aromatic nitrogens is 1. The summed E-state index contributed by atoms with van der Waals surface area (Å²) in [7, 11) is 1.61. The number of aromatic hydroxyl groups is 1. The van der Waals surface area contributed by atoms with E-state index in [2.05, 4.69) is 27.5 Å². The molecule has 3 N–H and O–H groups in total. The smallest absolute Gasteiger partial charge is 0.324 e. The van der Waals surface area contributed by atoms with Crippen molar-refractivity contribution in [1.82, 2.24) is 15.2 Å². The summed E-state index contributed by atoms with van der Waals surface area (Å²) >= 11 is 0. The number of amides is 2. The first-order chi connectivity index (χ1) is 28.9. The number of phenolic OH excluding ortho intramolecular Hbond substituents is 1. The summed E-state index contributed by atoms with van der Waals surface area (Å²) in [5.74, 6) is 4.44. The van der Waals surface area contributed by atoms with Crippen molar-refractivity contribution in [3.8, 4) is 23.3 Å². The third-order valence-electron chi connectivity index (χ3n) is 11.6. The van der Waals surface area contributed by atoms with Crippen LogP contribution in [0.1, 0.15) is 57.3 Å². The number of methoxy groups -OCH3 is 1. The molecule has 5 aromatic carbocycles. The maximum Gasteiger partial charge on any atom is 0.324 e. The van der Waals surface area contributed by atoms with E-state index in [-0.39, 0.29) is 12.3 Å². The number of ether oxygens (including phenoxy) is 2. The number of esters is 1. The Morgan fingerprint density at radius 1 is 0.814 bits per heavy atom. The average molecular weight is 781 g/mol. The van der Waals surface area contributed by atoms with Gasteiger partial charge < -0.3 is 25.2 Å². The molecule has 3 aliphatic heterocycles. The van der Waals surface area contributed by atoms with Gasteiger partial charge >= 0.3 is 5.97 Å². The lowest BCUT2D eigenvalue weighted by molar-refractivity contribution is -0.178. The number of carbonyl (C=O) groups is 3. The van der Waals surface area contributed by atoms with Crippen LogP contribution in [0.4, 0.5) is 5.69 Å². The zero-order chi connectivity index (χ0) is 40.5. The van der Waals surface area contributed by atoms with Crippen LogP contribution in [0.25, 0.3) is 0 Å². The first kappa shape index (κ1) is 37.4. The number of cyclic esters (lactones) is 1. The third kappa shape index (κ3) is 6.65. The molecule has 4 heterocycles. The summed E-state index contributed by atoms with van der Waals surface area (Å²) in [6, 6.07) is 41.7. The molecule has 2 fully saturated rings. The summed E-state index contributed by atoms with van der Waals surface area (Å²) in [4.78, 5) is 51.9. The van der Waals surface area contributed by atoms with E-state index in [0.717, 1.165) is 22.4 Å². The van der Waals surface area contributed by atoms with Crippen LogP contribution in [0.2, 0.25) is 0 Å². The highest BCUT2D eigenvalue weighted by Crippen LogP contribution is 2.64.